The molecule has 0 radical (unpaired) electrons. The lowest BCUT2D eigenvalue weighted by atomic mass is 9.88. The van der Waals surface area contributed by atoms with Crippen LogP contribution in [0.25, 0.3) is 10.9 Å². The van der Waals surface area contributed by atoms with Gasteiger partial charge in [0.05, 0.1) is 17.7 Å². The second-order valence-electron chi connectivity index (χ2n) is 5.17. The smallest absolute Gasteiger partial charge is 0.0844 e. The van der Waals surface area contributed by atoms with Gasteiger partial charge in [0.1, 0.15) is 0 Å². The number of fused-ring (bicyclic) bond motifs is 1. The maximum absolute atomic E-state index is 10.6. The third kappa shape index (κ3) is 2.36. The van der Waals surface area contributed by atoms with Crippen LogP contribution in [0.2, 0.25) is 0 Å². The van der Waals surface area contributed by atoms with Crippen LogP contribution in [0.15, 0.2) is 36.5 Å². The number of rotatable bonds is 3. The highest BCUT2D eigenvalue weighted by molar-refractivity contribution is 5.79. The number of aliphatic hydroxyl groups excluding tert-OH is 1. The fourth-order valence-electron chi connectivity index (χ4n) is 2.97. The van der Waals surface area contributed by atoms with E-state index in [1.165, 1.54) is 0 Å². The van der Waals surface area contributed by atoms with Crippen LogP contribution < -0.4 is 0 Å². The molecule has 100 valence electrons. The summed E-state index contributed by atoms with van der Waals surface area (Å²) >= 11 is 0. The number of pyridine rings is 1. The van der Waals surface area contributed by atoms with Gasteiger partial charge in [-0.25, -0.2) is 0 Å². The minimum atomic E-state index is -0.447. The summed E-state index contributed by atoms with van der Waals surface area (Å²) in [5.74, 6) is 0.208. The first-order valence-electron chi connectivity index (χ1n) is 6.94. The summed E-state index contributed by atoms with van der Waals surface area (Å²) in [7, 11) is 0. The lowest BCUT2D eigenvalue weighted by molar-refractivity contribution is 0.0308. The van der Waals surface area contributed by atoms with Crippen molar-refractivity contribution >= 4 is 10.9 Å². The first-order chi connectivity index (χ1) is 9.29. The van der Waals surface area contributed by atoms with Gasteiger partial charge in [0, 0.05) is 24.1 Å². The zero-order valence-corrected chi connectivity index (χ0v) is 11.1. The average molecular weight is 257 g/mol. The molecule has 1 N–H and O–H groups in total. The van der Waals surface area contributed by atoms with E-state index in [0.717, 1.165) is 35.9 Å². The molecule has 3 unspecified atom stereocenters. The summed E-state index contributed by atoms with van der Waals surface area (Å²) in [6, 6.07) is 9.95. The Morgan fingerprint density at radius 1 is 1.42 bits per heavy atom. The molecule has 2 aromatic rings. The first-order valence-corrected chi connectivity index (χ1v) is 6.94. The number of hydrogen-bond acceptors (Lipinski definition) is 3. The first kappa shape index (κ1) is 12.6. The van der Waals surface area contributed by atoms with Crippen molar-refractivity contribution in [3.05, 3.63) is 42.1 Å². The molecule has 1 aromatic heterocycles. The minimum Gasteiger partial charge on any atom is -0.388 e. The highest BCUT2D eigenvalue weighted by Crippen LogP contribution is 2.35. The molecule has 0 aliphatic carbocycles. The van der Waals surface area contributed by atoms with E-state index in [0.29, 0.717) is 0 Å². The Hall–Kier alpha value is -1.45. The zero-order valence-electron chi connectivity index (χ0n) is 11.1. The molecule has 1 aliphatic heterocycles. The Balaban J connectivity index is 1.90. The molecule has 3 rings (SSSR count). The van der Waals surface area contributed by atoms with Gasteiger partial charge in [-0.3, -0.25) is 4.98 Å². The van der Waals surface area contributed by atoms with Crippen LogP contribution in [0.1, 0.15) is 31.4 Å². The number of aromatic nitrogens is 1. The van der Waals surface area contributed by atoms with Gasteiger partial charge in [0.15, 0.2) is 0 Å². The van der Waals surface area contributed by atoms with Crippen LogP contribution in [0, 0.1) is 5.92 Å². The number of benzene rings is 1. The van der Waals surface area contributed by atoms with Crippen LogP contribution in [0.4, 0.5) is 0 Å². The normalized spacial score (nSPS) is 24.7. The molecule has 2 heterocycles. The molecule has 0 amide bonds. The Labute approximate surface area is 113 Å². The molecule has 1 fully saturated rings. The summed E-state index contributed by atoms with van der Waals surface area (Å²) in [6.07, 6.45) is 3.41. The van der Waals surface area contributed by atoms with Crippen LogP contribution >= 0.6 is 0 Å². The molecule has 3 atom stereocenters. The van der Waals surface area contributed by atoms with Crippen LogP contribution in [-0.2, 0) is 4.74 Å². The SMILES string of the molecule is CCC1OCCC1C(O)c1ccc2ncccc2c1. The highest BCUT2D eigenvalue weighted by atomic mass is 16.5. The Morgan fingerprint density at radius 3 is 3.16 bits per heavy atom. The summed E-state index contributed by atoms with van der Waals surface area (Å²) in [4.78, 5) is 4.30. The Morgan fingerprint density at radius 2 is 2.32 bits per heavy atom. The van der Waals surface area contributed by atoms with Crippen molar-refractivity contribution in [2.75, 3.05) is 6.61 Å². The predicted molar refractivity (Wildman–Crippen MR) is 74.8 cm³/mol. The number of ether oxygens (including phenoxy) is 1. The van der Waals surface area contributed by atoms with Crippen molar-refractivity contribution in [2.24, 2.45) is 5.92 Å². The topological polar surface area (TPSA) is 42.4 Å². The van der Waals surface area contributed by atoms with Gasteiger partial charge in [-0.05, 0) is 36.6 Å². The quantitative estimate of drug-likeness (QED) is 0.918. The molecule has 1 aromatic carbocycles. The van der Waals surface area contributed by atoms with Crippen molar-refractivity contribution < 1.29 is 9.84 Å². The fraction of sp³-hybridized carbons (Fsp3) is 0.438. The van der Waals surface area contributed by atoms with Crippen molar-refractivity contribution in [3.8, 4) is 0 Å². The van der Waals surface area contributed by atoms with Crippen LogP contribution in [0.3, 0.4) is 0 Å². The third-order valence-corrected chi connectivity index (χ3v) is 4.04. The zero-order chi connectivity index (χ0) is 13.2. The second kappa shape index (κ2) is 5.27. The van der Waals surface area contributed by atoms with Crippen molar-refractivity contribution in [3.63, 3.8) is 0 Å². The molecule has 1 aliphatic rings. The van der Waals surface area contributed by atoms with E-state index in [2.05, 4.69) is 11.9 Å². The van der Waals surface area contributed by atoms with Gasteiger partial charge in [0.25, 0.3) is 0 Å². The summed E-state index contributed by atoms with van der Waals surface area (Å²) in [5, 5.41) is 11.7. The summed E-state index contributed by atoms with van der Waals surface area (Å²) < 4.78 is 5.67. The summed E-state index contributed by atoms with van der Waals surface area (Å²) in [5.41, 5.74) is 1.93. The molecule has 3 nitrogen and oxygen atoms in total. The molecular formula is C16H19NO2. The second-order valence-corrected chi connectivity index (χ2v) is 5.17. The van der Waals surface area contributed by atoms with Gasteiger partial charge in [0.2, 0.25) is 0 Å². The third-order valence-electron chi connectivity index (χ3n) is 4.04. The van der Waals surface area contributed by atoms with E-state index in [1.54, 1.807) is 6.20 Å². The lowest BCUT2D eigenvalue weighted by Crippen LogP contribution is -2.22. The maximum Gasteiger partial charge on any atom is 0.0844 e. The molecule has 0 saturated carbocycles. The van der Waals surface area contributed by atoms with E-state index in [-0.39, 0.29) is 12.0 Å². The van der Waals surface area contributed by atoms with Crippen LogP contribution in [0.5, 0.6) is 0 Å². The molecule has 0 bridgehead atoms. The fourth-order valence-corrected chi connectivity index (χ4v) is 2.97. The van der Waals surface area contributed by atoms with Gasteiger partial charge in [-0.2, -0.15) is 0 Å². The Bertz CT molecular complexity index is 569. The number of nitrogens with zero attached hydrogens (tertiary/aromatic N) is 1. The number of aliphatic hydroxyl groups is 1. The molecule has 19 heavy (non-hydrogen) atoms. The van der Waals surface area contributed by atoms with Gasteiger partial charge < -0.3 is 9.84 Å². The van der Waals surface area contributed by atoms with E-state index < -0.39 is 6.10 Å². The lowest BCUT2D eigenvalue weighted by Gasteiger charge is -2.23. The van der Waals surface area contributed by atoms with Crippen molar-refractivity contribution in [2.45, 2.75) is 32.0 Å². The Kier molecular flexibility index (Phi) is 3.49. The van der Waals surface area contributed by atoms with E-state index in [4.69, 9.17) is 4.74 Å². The van der Waals surface area contributed by atoms with Gasteiger partial charge in [-0.1, -0.05) is 19.1 Å². The van der Waals surface area contributed by atoms with Gasteiger partial charge in [-0.15, -0.1) is 0 Å². The van der Waals surface area contributed by atoms with E-state index in [1.807, 2.05) is 30.3 Å². The monoisotopic (exact) mass is 257 g/mol. The predicted octanol–water partition coefficient (Wildman–Crippen LogP) is 3.08. The maximum atomic E-state index is 10.6. The molecule has 0 spiro atoms. The average Bonchev–Trinajstić information content (AvgIpc) is 2.94. The van der Waals surface area contributed by atoms with Gasteiger partial charge >= 0.3 is 0 Å². The molecule has 1 saturated heterocycles. The highest BCUT2D eigenvalue weighted by Gasteiger charge is 2.33. The minimum absolute atomic E-state index is 0.180. The van der Waals surface area contributed by atoms with E-state index in [9.17, 15) is 5.11 Å². The molecule has 3 heteroatoms. The summed E-state index contributed by atoms with van der Waals surface area (Å²) in [6.45, 7) is 2.87. The van der Waals surface area contributed by atoms with Crippen molar-refractivity contribution in [1.82, 2.24) is 4.98 Å². The van der Waals surface area contributed by atoms with Crippen LogP contribution in [-0.4, -0.2) is 22.8 Å². The molecular weight excluding hydrogens is 238 g/mol. The number of hydrogen-bond donors (Lipinski definition) is 1. The standard InChI is InChI=1S/C16H19NO2/c1-2-15-13(7-9-19-15)16(18)12-5-6-14-11(10-12)4-3-8-17-14/h3-6,8,10,13,15-16,18H,2,7,9H2,1H3. The largest absolute Gasteiger partial charge is 0.388 e. The van der Waals surface area contributed by atoms with Crippen molar-refractivity contribution in [1.29, 1.82) is 0 Å². The van der Waals surface area contributed by atoms with E-state index >= 15 is 0 Å².